The zero-order valence-corrected chi connectivity index (χ0v) is 12.5. The summed E-state index contributed by atoms with van der Waals surface area (Å²) in [5, 5.41) is 0. The van der Waals surface area contributed by atoms with E-state index in [0.717, 1.165) is 0 Å². The Kier molecular flexibility index (Phi) is 456. The third-order valence-electron chi connectivity index (χ3n) is 0. The van der Waals surface area contributed by atoms with Crippen molar-refractivity contribution in [1.29, 1.82) is 0 Å². The van der Waals surface area contributed by atoms with Crippen LogP contribution < -0.4 is 0 Å². The van der Waals surface area contributed by atoms with Crippen LogP contribution in [0.15, 0.2) is 0 Å². The zero-order chi connectivity index (χ0) is 16.2. The Morgan fingerprint density at radius 3 is 0.333 bits per heavy atom. The lowest BCUT2D eigenvalue weighted by molar-refractivity contribution is 1.94. The molecular weight excluding hydrogens is 216 g/mol. The minimum atomic E-state index is 1.65. The third kappa shape index (κ3) is 293. The standard InChI is InChI=1S/6C3H4/c6*1-3-2/h6*1H,2H3. The maximum Gasteiger partial charge on any atom is -0.00297 e. The van der Waals surface area contributed by atoms with E-state index in [2.05, 4.69) is 74.1 Å². The summed E-state index contributed by atoms with van der Waals surface area (Å²) in [6.45, 7) is 9.92. The summed E-state index contributed by atoms with van der Waals surface area (Å²) >= 11 is 0. The SMILES string of the molecule is C#CC.C#CC.C#CC.C#CC.C#CC.C#CC. The molecule has 0 fully saturated rings. The highest BCUT2D eigenvalue weighted by Gasteiger charge is 1.10. The highest BCUT2D eigenvalue weighted by atomic mass is 13.2. The molecule has 0 heterocycles. The van der Waals surface area contributed by atoms with Crippen LogP contribution in [0.4, 0.5) is 0 Å². The highest BCUT2D eigenvalue weighted by Crippen LogP contribution is 1.23. The highest BCUT2D eigenvalue weighted by molar-refractivity contribution is 4.75. The van der Waals surface area contributed by atoms with E-state index >= 15 is 0 Å². The molecule has 0 aromatic heterocycles. The number of terminal acetylenes is 6. The van der Waals surface area contributed by atoms with Crippen molar-refractivity contribution in [3.63, 3.8) is 0 Å². The summed E-state index contributed by atoms with van der Waals surface area (Å²) in [5.74, 6) is 13.5. The molecular formula is C18H24. The summed E-state index contributed by atoms with van der Waals surface area (Å²) < 4.78 is 0. The Morgan fingerprint density at radius 1 is 0.333 bits per heavy atom. The van der Waals surface area contributed by atoms with Crippen molar-refractivity contribution in [3.8, 4) is 74.1 Å². The summed E-state index contributed by atoms with van der Waals surface area (Å²) in [7, 11) is 0. The topological polar surface area (TPSA) is 0 Å². The van der Waals surface area contributed by atoms with Crippen molar-refractivity contribution in [1.82, 2.24) is 0 Å². The van der Waals surface area contributed by atoms with Gasteiger partial charge in [0, 0.05) is 0 Å². The predicted molar refractivity (Wildman–Crippen MR) is 87.0 cm³/mol. The zero-order valence-electron chi connectivity index (χ0n) is 12.5. The fourth-order valence-corrected chi connectivity index (χ4v) is 0. The van der Waals surface area contributed by atoms with Crippen molar-refractivity contribution in [3.05, 3.63) is 0 Å². The lowest BCUT2D eigenvalue weighted by atomic mass is 10.9. The third-order valence-corrected chi connectivity index (χ3v) is 0. The second-order valence-corrected chi connectivity index (χ2v) is 1.73. The van der Waals surface area contributed by atoms with Crippen LogP contribution in [-0.2, 0) is 0 Å². The molecule has 0 radical (unpaired) electrons. The smallest absolute Gasteiger partial charge is 0.00297 e. The van der Waals surface area contributed by atoms with Gasteiger partial charge in [0.15, 0.2) is 0 Å². The van der Waals surface area contributed by atoms with Crippen LogP contribution >= 0.6 is 0 Å². The summed E-state index contributed by atoms with van der Waals surface area (Å²) in [6, 6.07) is 0. The molecule has 0 aromatic carbocycles. The Labute approximate surface area is 116 Å². The van der Waals surface area contributed by atoms with Gasteiger partial charge in [-0.2, -0.15) is 0 Å². The average Bonchev–Trinajstić information content (AvgIpc) is 2.23. The fraction of sp³-hybridized carbons (Fsp3) is 0.333. The maximum absolute atomic E-state index is 4.60. The first kappa shape index (κ1) is 36.2. The number of rotatable bonds is 0. The number of hydrogen-bond acceptors (Lipinski definition) is 0. The van der Waals surface area contributed by atoms with E-state index in [1.807, 2.05) is 0 Å². The summed E-state index contributed by atoms with van der Waals surface area (Å²) in [5.41, 5.74) is 0. The largest absolute Gasteiger partial charge is 0.120 e. The van der Waals surface area contributed by atoms with E-state index in [9.17, 15) is 0 Å². The molecule has 18 heavy (non-hydrogen) atoms. The van der Waals surface area contributed by atoms with E-state index in [1.165, 1.54) is 0 Å². The van der Waals surface area contributed by atoms with Crippen LogP contribution in [0, 0.1) is 74.1 Å². The van der Waals surface area contributed by atoms with E-state index in [0.29, 0.717) is 0 Å². The molecule has 0 aliphatic rings. The van der Waals surface area contributed by atoms with Crippen LogP contribution in [0.2, 0.25) is 0 Å². The average molecular weight is 240 g/mol. The van der Waals surface area contributed by atoms with Crippen molar-refractivity contribution in [2.75, 3.05) is 0 Å². The van der Waals surface area contributed by atoms with Gasteiger partial charge >= 0.3 is 0 Å². The van der Waals surface area contributed by atoms with Crippen molar-refractivity contribution in [2.24, 2.45) is 0 Å². The monoisotopic (exact) mass is 240 g/mol. The second-order valence-electron chi connectivity index (χ2n) is 1.73. The van der Waals surface area contributed by atoms with Crippen LogP contribution in [0.25, 0.3) is 0 Å². The lowest BCUT2D eigenvalue weighted by Crippen LogP contribution is -1.10. The Balaban J connectivity index is -0.0000000240. The molecule has 0 atom stereocenters. The minimum Gasteiger partial charge on any atom is -0.120 e. The molecule has 0 bridgehead atoms. The predicted octanol–water partition coefficient (Wildman–Crippen LogP) is 3.84. The Hall–Kier alpha value is -2.64. The quantitative estimate of drug-likeness (QED) is 0.564. The van der Waals surface area contributed by atoms with Gasteiger partial charge < -0.3 is 0 Å². The van der Waals surface area contributed by atoms with Crippen molar-refractivity contribution < 1.29 is 0 Å². The van der Waals surface area contributed by atoms with Gasteiger partial charge in [-0.1, -0.05) is 0 Å². The summed E-state index contributed by atoms with van der Waals surface area (Å²) in [6.07, 6.45) is 27.6. The van der Waals surface area contributed by atoms with Crippen LogP contribution in [0.1, 0.15) is 41.5 Å². The molecule has 0 aliphatic heterocycles. The van der Waals surface area contributed by atoms with E-state index in [4.69, 9.17) is 0 Å². The Morgan fingerprint density at radius 2 is 0.333 bits per heavy atom. The number of hydrogen-bond donors (Lipinski definition) is 0. The van der Waals surface area contributed by atoms with Gasteiger partial charge in [0.25, 0.3) is 0 Å². The van der Waals surface area contributed by atoms with Gasteiger partial charge in [0.1, 0.15) is 0 Å². The molecule has 0 saturated carbocycles. The molecule has 0 rings (SSSR count). The fourth-order valence-electron chi connectivity index (χ4n) is 0. The molecule has 0 amide bonds. The van der Waals surface area contributed by atoms with Gasteiger partial charge in [-0.15, -0.1) is 74.1 Å². The first-order valence-electron chi connectivity index (χ1n) is 4.73. The minimum absolute atomic E-state index is 1.65. The maximum atomic E-state index is 4.60. The van der Waals surface area contributed by atoms with Gasteiger partial charge in [0.2, 0.25) is 0 Å². The Bertz CT molecular complexity index is 222. The molecule has 0 aromatic rings. The molecule has 0 spiro atoms. The molecule has 96 valence electrons. The van der Waals surface area contributed by atoms with E-state index in [1.54, 1.807) is 41.5 Å². The lowest BCUT2D eigenvalue weighted by Gasteiger charge is -1.23. The first-order chi connectivity index (χ1) is 8.49. The van der Waals surface area contributed by atoms with Gasteiger partial charge in [-0.05, 0) is 41.5 Å². The van der Waals surface area contributed by atoms with E-state index < -0.39 is 0 Å². The molecule has 0 nitrogen and oxygen atoms in total. The molecule has 0 saturated heterocycles. The molecule has 0 aliphatic carbocycles. The first-order valence-corrected chi connectivity index (χ1v) is 4.73. The second kappa shape index (κ2) is 227. The molecule has 0 N–H and O–H groups in total. The van der Waals surface area contributed by atoms with Gasteiger partial charge in [0.05, 0.1) is 0 Å². The van der Waals surface area contributed by atoms with Gasteiger partial charge in [-0.3, -0.25) is 0 Å². The van der Waals surface area contributed by atoms with E-state index in [-0.39, 0.29) is 0 Å². The molecule has 0 unspecified atom stereocenters. The van der Waals surface area contributed by atoms with Gasteiger partial charge in [-0.25, -0.2) is 0 Å². The van der Waals surface area contributed by atoms with Crippen LogP contribution in [-0.4, -0.2) is 0 Å². The van der Waals surface area contributed by atoms with Crippen LogP contribution in [0.5, 0.6) is 0 Å². The van der Waals surface area contributed by atoms with Crippen LogP contribution in [0.3, 0.4) is 0 Å². The van der Waals surface area contributed by atoms with Crippen molar-refractivity contribution in [2.45, 2.75) is 41.5 Å². The summed E-state index contributed by atoms with van der Waals surface area (Å²) in [4.78, 5) is 0. The van der Waals surface area contributed by atoms with Crippen molar-refractivity contribution >= 4 is 0 Å². The normalized spacial score (nSPS) is 2.67. The molecule has 0 heteroatoms.